The van der Waals surface area contributed by atoms with Gasteiger partial charge in [-0.1, -0.05) is 0 Å². The first-order chi connectivity index (χ1) is 7.51. The Kier molecular flexibility index (Phi) is 8.15. The predicted molar refractivity (Wildman–Crippen MR) is 65.3 cm³/mol. The van der Waals surface area contributed by atoms with Crippen LogP contribution in [0.4, 0.5) is 0 Å². The van der Waals surface area contributed by atoms with Crippen molar-refractivity contribution in [3.05, 3.63) is 0 Å². The van der Waals surface area contributed by atoms with Crippen molar-refractivity contribution in [2.75, 3.05) is 47.9 Å². The van der Waals surface area contributed by atoms with Crippen LogP contribution >= 0.6 is 0 Å². The molecule has 0 aromatic heterocycles. The van der Waals surface area contributed by atoms with E-state index in [-0.39, 0.29) is 12.0 Å². The molecule has 0 spiro atoms. The zero-order chi connectivity index (χ0) is 12.6. The molecule has 0 aromatic rings. The van der Waals surface area contributed by atoms with Crippen LogP contribution in [0.1, 0.15) is 12.8 Å². The average molecular weight is 231 g/mol. The van der Waals surface area contributed by atoms with Gasteiger partial charge in [-0.3, -0.25) is 4.79 Å². The Labute approximate surface area is 98.5 Å². The molecule has 5 nitrogen and oxygen atoms in total. The highest BCUT2D eigenvalue weighted by molar-refractivity contribution is 5.76. The second kappa shape index (κ2) is 8.50. The summed E-state index contributed by atoms with van der Waals surface area (Å²) in [5.41, 5.74) is 5.47. The lowest BCUT2D eigenvalue weighted by molar-refractivity contribution is -0.132. The van der Waals surface area contributed by atoms with Crippen molar-refractivity contribution in [2.24, 2.45) is 5.73 Å². The lowest BCUT2D eigenvalue weighted by Gasteiger charge is -2.21. The number of amides is 1. The van der Waals surface area contributed by atoms with Crippen molar-refractivity contribution in [1.29, 1.82) is 0 Å². The molecule has 1 unspecified atom stereocenters. The van der Waals surface area contributed by atoms with E-state index in [1.807, 2.05) is 21.1 Å². The van der Waals surface area contributed by atoms with Gasteiger partial charge in [-0.15, -0.1) is 0 Å². The molecule has 1 amide bonds. The van der Waals surface area contributed by atoms with Crippen molar-refractivity contribution >= 4 is 5.91 Å². The fourth-order valence-electron chi connectivity index (χ4n) is 1.36. The second-order valence-corrected chi connectivity index (χ2v) is 4.27. The maximum atomic E-state index is 11.7. The number of hydrogen-bond donors (Lipinski definition) is 1. The van der Waals surface area contributed by atoms with Crippen molar-refractivity contribution < 1.29 is 9.53 Å². The maximum absolute atomic E-state index is 11.7. The number of carbonyl (C=O) groups excluding carboxylic acids is 1. The van der Waals surface area contributed by atoms with Crippen LogP contribution in [-0.4, -0.2) is 69.7 Å². The molecule has 1 atom stereocenters. The Bertz CT molecular complexity index is 194. The van der Waals surface area contributed by atoms with Gasteiger partial charge < -0.3 is 20.3 Å². The number of methoxy groups -OCH3 is 1. The average Bonchev–Trinajstić information content (AvgIpc) is 2.24. The molecule has 0 fully saturated rings. The van der Waals surface area contributed by atoms with Crippen LogP contribution in [0.15, 0.2) is 0 Å². The lowest BCUT2D eigenvalue weighted by atomic mass is 10.2. The summed E-state index contributed by atoms with van der Waals surface area (Å²) in [5, 5.41) is 0. The number of nitrogens with two attached hydrogens (primary N) is 1. The molecule has 0 saturated carbocycles. The van der Waals surface area contributed by atoms with Gasteiger partial charge in [0.1, 0.15) is 0 Å². The van der Waals surface area contributed by atoms with Crippen LogP contribution in [-0.2, 0) is 9.53 Å². The Morgan fingerprint density at radius 2 is 1.94 bits per heavy atom. The predicted octanol–water partition coefficient (Wildman–Crippen LogP) is -0.240. The second-order valence-electron chi connectivity index (χ2n) is 4.27. The van der Waals surface area contributed by atoms with Crippen LogP contribution < -0.4 is 5.73 Å². The molecule has 0 aliphatic carbocycles. The smallest absolute Gasteiger partial charge is 0.224 e. The molecular weight excluding hydrogens is 206 g/mol. The van der Waals surface area contributed by atoms with Crippen molar-refractivity contribution in [1.82, 2.24) is 9.80 Å². The number of nitrogens with zero attached hydrogens (tertiary/aromatic N) is 2. The van der Waals surface area contributed by atoms with Gasteiger partial charge in [-0.25, -0.2) is 0 Å². The van der Waals surface area contributed by atoms with Gasteiger partial charge in [-0.2, -0.15) is 0 Å². The molecule has 0 saturated heterocycles. The molecule has 0 aromatic carbocycles. The quantitative estimate of drug-likeness (QED) is 0.626. The standard InChI is InChI=1S/C11H25N3O2/c1-13(2)6-5-7-14(3)11(15)8-10(9-12)16-4/h10H,5-9,12H2,1-4H3. The first-order valence-corrected chi connectivity index (χ1v) is 5.62. The molecule has 0 aliphatic heterocycles. The Balaban J connectivity index is 3.80. The third kappa shape index (κ3) is 6.76. The Hall–Kier alpha value is -0.650. The summed E-state index contributed by atoms with van der Waals surface area (Å²) < 4.78 is 5.08. The van der Waals surface area contributed by atoms with E-state index in [2.05, 4.69) is 4.90 Å². The first-order valence-electron chi connectivity index (χ1n) is 5.62. The van der Waals surface area contributed by atoms with E-state index < -0.39 is 0 Å². The summed E-state index contributed by atoms with van der Waals surface area (Å²) >= 11 is 0. The summed E-state index contributed by atoms with van der Waals surface area (Å²) in [6, 6.07) is 0. The van der Waals surface area contributed by atoms with Gasteiger partial charge in [0.05, 0.1) is 12.5 Å². The lowest BCUT2D eigenvalue weighted by Crippen LogP contribution is -2.35. The van der Waals surface area contributed by atoms with Crippen LogP contribution in [0.2, 0.25) is 0 Å². The normalized spacial score (nSPS) is 12.9. The SMILES string of the molecule is COC(CN)CC(=O)N(C)CCCN(C)C. The van der Waals surface area contributed by atoms with Crippen molar-refractivity contribution in [2.45, 2.75) is 18.9 Å². The maximum Gasteiger partial charge on any atom is 0.224 e. The van der Waals surface area contributed by atoms with Gasteiger partial charge in [0.25, 0.3) is 0 Å². The Morgan fingerprint density at radius 3 is 2.38 bits per heavy atom. The van der Waals surface area contributed by atoms with Crippen LogP contribution in [0, 0.1) is 0 Å². The minimum Gasteiger partial charge on any atom is -0.380 e. The highest BCUT2D eigenvalue weighted by Gasteiger charge is 2.14. The van der Waals surface area contributed by atoms with Crippen LogP contribution in [0.25, 0.3) is 0 Å². The highest BCUT2D eigenvalue weighted by atomic mass is 16.5. The van der Waals surface area contributed by atoms with E-state index in [0.717, 1.165) is 19.5 Å². The molecule has 5 heteroatoms. The van der Waals surface area contributed by atoms with Crippen molar-refractivity contribution in [3.63, 3.8) is 0 Å². The third-order valence-electron chi connectivity index (χ3n) is 2.52. The van der Waals surface area contributed by atoms with E-state index >= 15 is 0 Å². The summed E-state index contributed by atoms with van der Waals surface area (Å²) in [6.07, 6.45) is 1.19. The number of ether oxygens (including phenoxy) is 1. The van der Waals surface area contributed by atoms with Gasteiger partial charge in [0.2, 0.25) is 5.91 Å². The van der Waals surface area contributed by atoms with E-state index in [1.54, 1.807) is 12.0 Å². The molecule has 0 aliphatic rings. The van der Waals surface area contributed by atoms with Crippen LogP contribution in [0.3, 0.4) is 0 Å². The molecule has 0 heterocycles. The van der Waals surface area contributed by atoms with E-state index in [0.29, 0.717) is 13.0 Å². The molecule has 96 valence electrons. The molecule has 0 bridgehead atoms. The molecule has 2 N–H and O–H groups in total. The van der Waals surface area contributed by atoms with Crippen LogP contribution in [0.5, 0.6) is 0 Å². The van der Waals surface area contributed by atoms with Crippen molar-refractivity contribution in [3.8, 4) is 0 Å². The number of carbonyl (C=O) groups is 1. The van der Waals surface area contributed by atoms with E-state index in [1.165, 1.54) is 0 Å². The first kappa shape index (κ1) is 15.3. The molecule has 0 radical (unpaired) electrons. The fraction of sp³-hybridized carbons (Fsp3) is 0.909. The largest absolute Gasteiger partial charge is 0.380 e. The number of rotatable bonds is 8. The Morgan fingerprint density at radius 1 is 1.31 bits per heavy atom. The van der Waals surface area contributed by atoms with Gasteiger partial charge in [-0.05, 0) is 27.1 Å². The zero-order valence-corrected chi connectivity index (χ0v) is 10.9. The summed E-state index contributed by atoms with van der Waals surface area (Å²) in [7, 11) is 7.45. The van der Waals surface area contributed by atoms with E-state index in [9.17, 15) is 4.79 Å². The molecule has 0 rings (SSSR count). The molecule has 16 heavy (non-hydrogen) atoms. The van der Waals surface area contributed by atoms with Gasteiger partial charge in [0.15, 0.2) is 0 Å². The monoisotopic (exact) mass is 231 g/mol. The summed E-state index contributed by atoms with van der Waals surface area (Å²) in [6.45, 7) is 2.15. The number of hydrogen-bond acceptors (Lipinski definition) is 4. The molecular formula is C11H25N3O2. The topological polar surface area (TPSA) is 58.8 Å². The minimum absolute atomic E-state index is 0.0936. The minimum atomic E-state index is -0.163. The fourth-order valence-corrected chi connectivity index (χ4v) is 1.36. The van der Waals surface area contributed by atoms with Gasteiger partial charge >= 0.3 is 0 Å². The zero-order valence-electron chi connectivity index (χ0n) is 10.9. The van der Waals surface area contributed by atoms with Gasteiger partial charge in [0, 0.05) is 27.2 Å². The highest BCUT2D eigenvalue weighted by Crippen LogP contribution is 2.00. The van der Waals surface area contributed by atoms with E-state index in [4.69, 9.17) is 10.5 Å². The third-order valence-corrected chi connectivity index (χ3v) is 2.52. The summed E-state index contributed by atoms with van der Waals surface area (Å²) in [5.74, 6) is 0.0936. The summed E-state index contributed by atoms with van der Waals surface area (Å²) in [4.78, 5) is 15.6.